The number of carbonyl (C=O) groups is 2. The van der Waals surface area contributed by atoms with Crippen LogP contribution < -0.4 is 24.8 Å². The van der Waals surface area contributed by atoms with E-state index >= 15 is 0 Å². The molecular formula is C28H36FN5O4S. The molecule has 210 valence electrons. The van der Waals surface area contributed by atoms with E-state index in [9.17, 15) is 18.2 Å². The van der Waals surface area contributed by atoms with Crippen LogP contribution >= 0.6 is 0 Å². The van der Waals surface area contributed by atoms with E-state index in [1.807, 2.05) is 13.8 Å². The van der Waals surface area contributed by atoms with Gasteiger partial charge in [-0.25, -0.2) is 13.3 Å². The smallest absolute Gasteiger partial charge is 0.259 e. The van der Waals surface area contributed by atoms with E-state index in [1.165, 1.54) is 6.07 Å². The zero-order valence-corrected chi connectivity index (χ0v) is 23.9. The molecule has 0 saturated heterocycles. The molecule has 0 radical (unpaired) electrons. The second kappa shape index (κ2) is 13.4. The third-order valence-electron chi connectivity index (χ3n) is 5.86. The number of benzene rings is 2. The summed E-state index contributed by atoms with van der Waals surface area (Å²) in [5.74, 6) is -0.339. The number of amides is 1. The summed E-state index contributed by atoms with van der Waals surface area (Å²) in [6.45, 7) is 7.74. The zero-order chi connectivity index (χ0) is 28.7. The Labute approximate surface area is 231 Å². The average Bonchev–Trinajstić information content (AvgIpc) is 3.73. The quantitative estimate of drug-likeness (QED) is 0.159. The molecule has 39 heavy (non-hydrogen) atoms. The van der Waals surface area contributed by atoms with Gasteiger partial charge in [0.05, 0.1) is 11.4 Å². The second-order valence-corrected chi connectivity index (χ2v) is 10.2. The third-order valence-corrected chi connectivity index (χ3v) is 6.67. The Kier molecular flexibility index (Phi) is 10.2. The van der Waals surface area contributed by atoms with Crippen LogP contribution in [0.25, 0.3) is 0 Å². The highest BCUT2D eigenvalue weighted by molar-refractivity contribution is 7.84. The minimum absolute atomic E-state index is 0.0203. The predicted octanol–water partition coefficient (Wildman–Crippen LogP) is 4.27. The first-order chi connectivity index (χ1) is 18.7. The monoisotopic (exact) mass is 557 g/mol. The molecule has 1 saturated carbocycles. The van der Waals surface area contributed by atoms with Gasteiger partial charge in [-0.1, -0.05) is 26.0 Å². The van der Waals surface area contributed by atoms with E-state index in [0.29, 0.717) is 24.3 Å². The molecule has 2 aromatic carbocycles. The maximum Gasteiger partial charge on any atom is 0.259 e. The van der Waals surface area contributed by atoms with E-state index in [2.05, 4.69) is 20.1 Å². The van der Waals surface area contributed by atoms with Crippen molar-refractivity contribution >= 4 is 34.7 Å². The van der Waals surface area contributed by atoms with E-state index in [-0.39, 0.29) is 34.5 Å². The molecule has 1 aliphatic carbocycles. The molecule has 2 aliphatic rings. The Morgan fingerprint density at radius 2 is 1.90 bits per heavy atom. The molecule has 1 amide bonds. The fraction of sp³-hybridized carbons (Fsp3) is 0.357. The molecule has 1 atom stereocenters. The highest BCUT2D eigenvalue weighted by Gasteiger charge is 2.31. The number of nitrogens with one attached hydrogen (secondary N) is 4. The molecule has 4 rings (SSSR count). The van der Waals surface area contributed by atoms with Gasteiger partial charge in [-0.15, -0.1) is 0 Å². The second-order valence-electron chi connectivity index (χ2n) is 9.22. The van der Waals surface area contributed by atoms with Crippen molar-refractivity contribution in [3.05, 3.63) is 76.1 Å². The molecule has 1 aliphatic heterocycles. The van der Waals surface area contributed by atoms with Crippen molar-refractivity contribution in [1.29, 1.82) is 0 Å². The van der Waals surface area contributed by atoms with Gasteiger partial charge in [0, 0.05) is 38.3 Å². The van der Waals surface area contributed by atoms with Crippen molar-refractivity contribution in [2.24, 2.45) is 0 Å². The number of hydrogen-bond acceptors (Lipinski definition) is 6. The Morgan fingerprint density at radius 3 is 2.51 bits per heavy atom. The summed E-state index contributed by atoms with van der Waals surface area (Å²) in [6, 6.07) is 9.92. The number of anilines is 2. The van der Waals surface area contributed by atoms with E-state index in [0.717, 1.165) is 24.0 Å². The highest BCUT2D eigenvalue weighted by atomic mass is 32.2. The van der Waals surface area contributed by atoms with Crippen LogP contribution in [0.2, 0.25) is 0 Å². The van der Waals surface area contributed by atoms with Crippen LogP contribution in [0, 0.1) is 12.7 Å². The Balaban J connectivity index is 0.00000205. The lowest BCUT2D eigenvalue weighted by molar-refractivity contribution is -0.117. The first kappa shape index (κ1) is 29.9. The van der Waals surface area contributed by atoms with Crippen LogP contribution in [0.5, 0.6) is 5.75 Å². The number of aryl methyl sites for hydroxylation is 1. The van der Waals surface area contributed by atoms with Gasteiger partial charge in [0.2, 0.25) is 0 Å². The lowest BCUT2D eigenvalue weighted by Crippen LogP contribution is -2.34. The fourth-order valence-corrected chi connectivity index (χ4v) is 4.45. The molecule has 4 N–H and O–H groups in total. The fourth-order valence-electron chi connectivity index (χ4n) is 3.70. The molecule has 11 heteroatoms. The van der Waals surface area contributed by atoms with Crippen LogP contribution in [0.1, 0.15) is 44.7 Å². The minimum atomic E-state index is -1.44. The highest BCUT2D eigenvalue weighted by Crippen LogP contribution is 2.31. The number of ether oxygens (including phenoxy) is 1. The topological polar surface area (TPSA) is 112 Å². The molecule has 0 spiro atoms. The van der Waals surface area contributed by atoms with Gasteiger partial charge < -0.3 is 20.3 Å². The van der Waals surface area contributed by atoms with Gasteiger partial charge >= 0.3 is 0 Å². The molecule has 1 heterocycles. The lowest BCUT2D eigenvalue weighted by Gasteiger charge is -2.26. The van der Waals surface area contributed by atoms with Crippen molar-refractivity contribution in [3.63, 3.8) is 0 Å². The lowest BCUT2D eigenvalue weighted by atomic mass is 10.1. The van der Waals surface area contributed by atoms with Gasteiger partial charge in [0.25, 0.3) is 5.91 Å². The van der Waals surface area contributed by atoms with Crippen molar-refractivity contribution in [1.82, 2.24) is 14.9 Å². The van der Waals surface area contributed by atoms with Crippen molar-refractivity contribution in [2.75, 3.05) is 24.1 Å². The number of carbonyl (C=O) groups excluding carboxylic acids is 2. The maximum atomic E-state index is 14.8. The van der Waals surface area contributed by atoms with Gasteiger partial charge in [0.1, 0.15) is 35.0 Å². The summed E-state index contributed by atoms with van der Waals surface area (Å²) in [5, 5.41) is 5.98. The SMILES string of the molecule is C/C(C=O)=C(Oc1ccc2c(c1)NS(=O)NC2)/C(C(=O)NC1CC1)=C(/Nc1ccc(C)cc1F)N(C)C.CC. The maximum absolute atomic E-state index is 14.8. The number of halogens is 1. The normalized spacial score (nSPS) is 17.2. The molecular weight excluding hydrogens is 521 g/mol. The first-order valence-corrected chi connectivity index (χ1v) is 14.0. The number of fused-ring (bicyclic) bond motifs is 1. The minimum Gasteiger partial charge on any atom is -0.456 e. The summed E-state index contributed by atoms with van der Waals surface area (Å²) in [6.07, 6.45) is 2.31. The summed E-state index contributed by atoms with van der Waals surface area (Å²) in [5.41, 5.74) is 2.64. The zero-order valence-electron chi connectivity index (χ0n) is 23.1. The summed E-state index contributed by atoms with van der Waals surface area (Å²) >= 11 is -1.44. The predicted molar refractivity (Wildman–Crippen MR) is 152 cm³/mol. The van der Waals surface area contributed by atoms with E-state index in [1.54, 1.807) is 63.2 Å². The Morgan fingerprint density at radius 1 is 1.18 bits per heavy atom. The summed E-state index contributed by atoms with van der Waals surface area (Å²) in [4.78, 5) is 27.2. The number of rotatable bonds is 9. The molecule has 9 nitrogen and oxygen atoms in total. The Bertz CT molecular complexity index is 1320. The molecule has 1 unspecified atom stereocenters. The molecule has 1 fully saturated rings. The molecule has 0 aromatic heterocycles. The average molecular weight is 558 g/mol. The number of hydrogen-bond donors (Lipinski definition) is 4. The first-order valence-electron chi connectivity index (χ1n) is 12.8. The van der Waals surface area contributed by atoms with E-state index < -0.39 is 22.9 Å². The van der Waals surface area contributed by atoms with Crippen LogP contribution in [-0.4, -0.2) is 41.4 Å². The number of allylic oxidation sites excluding steroid dienone is 1. The third kappa shape index (κ3) is 7.67. The van der Waals surface area contributed by atoms with Gasteiger partial charge in [0.15, 0.2) is 11.2 Å². The number of nitrogens with zero attached hydrogens (tertiary/aromatic N) is 1. The van der Waals surface area contributed by atoms with Gasteiger partial charge in [-0.2, -0.15) is 0 Å². The molecule has 0 bridgehead atoms. The standard InChI is InChI=1S/C26H30FN5O4S.C2H6/c1-15-5-10-21(20(27)11-15)30-25(32(3)4)23(26(34)29-18-7-8-18)24(16(2)14-33)36-19-9-6-17-13-28-37(35)31-22(17)12-19;1-2/h5-6,9-12,14,18,28,30-31H,7-8,13H2,1-4H3,(H,29,34);1-2H3/b24-16+,25-23+;. The van der Waals surface area contributed by atoms with Gasteiger partial charge in [-0.05, 0) is 56.0 Å². The largest absolute Gasteiger partial charge is 0.456 e. The summed E-state index contributed by atoms with van der Waals surface area (Å²) in [7, 11) is 3.41. The van der Waals surface area contributed by atoms with Crippen LogP contribution in [-0.2, 0) is 27.3 Å². The Hall–Kier alpha value is -3.70. The van der Waals surface area contributed by atoms with Gasteiger partial charge in [-0.3, -0.25) is 14.3 Å². The van der Waals surface area contributed by atoms with Crippen molar-refractivity contribution in [3.8, 4) is 5.75 Å². The van der Waals surface area contributed by atoms with E-state index in [4.69, 9.17) is 4.74 Å². The van der Waals surface area contributed by atoms with Crippen LogP contribution in [0.3, 0.4) is 0 Å². The molecule has 2 aromatic rings. The van der Waals surface area contributed by atoms with Crippen LogP contribution in [0.15, 0.2) is 59.1 Å². The van der Waals surface area contributed by atoms with Crippen molar-refractivity contribution < 1.29 is 22.9 Å². The van der Waals surface area contributed by atoms with Crippen molar-refractivity contribution in [2.45, 2.75) is 53.1 Å². The number of aldehydes is 1. The van der Waals surface area contributed by atoms with Crippen LogP contribution in [0.4, 0.5) is 15.8 Å². The summed E-state index contributed by atoms with van der Waals surface area (Å²) < 4.78 is 38.5.